The molecule has 0 radical (unpaired) electrons. The van der Waals surface area contributed by atoms with Crippen molar-refractivity contribution in [1.82, 2.24) is 4.90 Å². The first-order valence-corrected chi connectivity index (χ1v) is 4.49. The van der Waals surface area contributed by atoms with Gasteiger partial charge in [-0.15, -0.1) is 0 Å². The van der Waals surface area contributed by atoms with Crippen LogP contribution in [0.15, 0.2) is 0 Å². The Kier molecular flexibility index (Phi) is 1.72. The topological polar surface area (TPSA) is 49.5 Å². The van der Waals surface area contributed by atoms with Crippen LogP contribution >= 0.6 is 0 Å². The standard InChI is InChI=1S/C8H14N2O2/c11-10(12)7-8-3-1-5-9(8)6-2-4-8/h7H,1-6H2,(H,11,12). The van der Waals surface area contributed by atoms with Crippen LogP contribution in [0.5, 0.6) is 0 Å². The van der Waals surface area contributed by atoms with E-state index in [0.29, 0.717) is 0 Å². The van der Waals surface area contributed by atoms with Gasteiger partial charge in [-0.05, 0) is 38.8 Å². The lowest BCUT2D eigenvalue weighted by Crippen LogP contribution is -2.41. The molecule has 0 aromatic heterocycles. The van der Waals surface area contributed by atoms with Gasteiger partial charge in [-0.1, -0.05) is 0 Å². The van der Waals surface area contributed by atoms with E-state index in [0.717, 1.165) is 38.8 Å². The molecule has 0 aromatic carbocycles. The molecular formula is C8H14N2O2. The number of rotatable bonds is 1. The summed E-state index contributed by atoms with van der Waals surface area (Å²) in [6, 6.07) is 0. The van der Waals surface area contributed by atoms with Gasteiger partial charge in [0, 0.05) is 4.90 Å². The number of nitrogens with zero attached hydrogens (tertiary/aromatic N) is 2. The smallest absolute Gasteiger partial charge is 0.229 e. The predicted molar refractivity (Wildman–Crippen MR) is 44.2 cm³/mol. The maximum Gasteiger partial charge on any atom is 0.229 e. The molecule has 0 atom stereocenters. The molecule has 2 heterocycles. The van der Waals surface area contributed by atoms with Crippen LogP contribution in [-0.4, -0.2) is 39.9 Å². The minimum atomic E-state index is -0.101. The lowest BCUT2D eigenvalue weighted by atomic mass is 9.96. The first kappa shape index (κ1) is 7.86. The first-order chi connectivity index (χ1) is 5.73. The largest absolute Gasteiger partial charge is 0.418 e. The maximum absolute atomic E-state index is 10.5. The van der Waals surface area contributed by atoms with Crippen molar-refractivity contribution < 1.29 is 10.1 Å². The van der Waals surface area contributed by atoms with Crippen molar-refractivity contribution in [2.24, 2.45) is 0 Å². The van der Waals surface area contributed by atoms with E-state index in [4.69, 9.17) is 5.21 Å². The van der Waals surface area contributed by atoms with E-state index in [1.54, 1.807) is 0 Å². The molecule has 0 aliphatic carbocycles. The molecule has 4 heteroatoms. The highest BCUT2D eigenvalue weighted by molar-refractivity contribution is 5.66. The summed E-state index contributed by atoms with van der Waals surface area (Å²) in [5.41, 5.74) is -0.101. The Labute approximate surface area is 71.6 Å². The number of hydrogen-bond donors (Lipinski definition) is 1. The van der Waals surface area contributed by atoms with E-state index in [9.17, 15) is 5.21 Å². The lowest BCUT2D eigenvalue weighted by Gasteiger charge is -2.24. The lowest BCUT2D eigenvalue weighted by molar-refractivity contribution is -0.724. The van der Waals surface area contributed by atoms with Gasteiger partial charge in [0.15, 0.2) is 0 Å². The zero-order valence-electron chi connectivity index (χ0n) is 7.07. The number of fused-ring (bicyclic) bond motifs is 1. The molecule has 4 nitrogen and oxygen atoms in total. The van der Waals surface area contributed by atoms with Crippen molar-refractivity contribution in [3.8, 4) is 0 Å². The van der Waals surface area contributed by atoms with Gasteiger partial charge in [-0.2, -0.15) is 0 Å². The third kappa shape index (κ3) is 1.06. The molecule has 0 aromatic rings. The highest BCUT2D eigenvalue weighted by Crippen LogP contribution is 2.36. The van der Waals surface area contributed by atoms with Gasteiger partial charge in [0.1, 0.15) is 5.54 Å². The van der Waals surface area contributed by atoms with E-state index in [2.05, 4.69) is 4.90 Å². The Balaban J connectivity index is 2.22. The second-order valence-corrected chi connectivity index (χ2v) is 3.73. The van der Waals surface area contributed by atoms with Gasteiger partial charge in [-0.25, -0.2) is 0 Å². The fourth-order valence-electron chi connectivity index (χ4n) is 2.57. The van der Waals surface area contributed by atoms with Crippen molar-refractivity contribution in [2.75, 3.05) is 13.1 Å². The van der Waals surface area contributed by atoms with E-state index < -0.39 is 0 Å². The quantitative estimate of drug-likeness (QED) is 0.271. The van der Waals surface area contributed by atoms with Crippen LogP contribution in [0.3, 0.4) is 0 Å². The van der Waals surface area contributed by atoms with Crippen LogP contribution in [0.25, 0.3) is 0 Å². The highest BCUT2D eigenvalue weighted by Gasteiger charge is 2.46. The Morgan fingerprint density at radius 1 is 1.33 bits per heavy atom. The van der Waals surface area contributed by atoms with Gasteiger partial charge in [0.05, 0.1) is 0 Å². The second kappa shape index (κ2) is 2.62. The van der Waals surface area contributed by atoms with Crippen molar-refractivity contribution >= 4 is 6.21 Å². The Bertz CT molecular complexity index is 201. The van der Waals surface area contributed by atoms with Crippen molar-refractivity contribution in [3.63, 3.8) is 0 Å². The third-order valence-electron chi connectivity index (χ3n) is 3.06. The minimum absolute atomic E-state index is 0.0242. The summed E-state index contributed by atoms with van der Waals surface area (Å²) < 4.78 is 0. The van der Waals surface area contributed by atoms with Crippen LogP contribution in [0.2, 0.25) is 0 Å². The van der Waals surface area contributed by atoms with Crippen LogP contribution < -0.4 is 0 Å². The molecule has 2 saturated heterocycles. The summed E-state index contributed by atoms with van der Waals surface area (Å²) in [6.07, 6.45) is 5.75. The molecule has 0 amide bonds. The monoisotopic (exact) mass is 170 g/mol. The Hall–Kier alpha value is -0.770. The van der Waals surface area contributed by atoms with E-state index in [1.165, 1.54) is 6.21 Å². The summed E-state index contributed by atoms with van der Waals surface area (Å²) in [5, 5.41) is 19.2. The highest BCUT2D eigenvalue weighted by atomic mass is 16.8. The van der Waals surface area contributed by atoms with E-state index >= 15 is 0 Å². The predicted octanol–water partition coefficient (Wildman–Crippen LogP) is 0.585. The van der Waals surface area contributed by atoms with Crippen LogP contribution in [0, 0.1) is 5.21 Å². The molecule has 12 heavy (non-hydrogen) atoms. The van der Waals surface area contributed by atoms with E-state index in [1.807, 2.05) is 0 Å². The van der Waals surface area contributed by atoms with E-state index in [-0.39, 0.29) is 10.4 Å². The zero-order valence-corrected chi connectivity index (χ0v) is 7.07. The fraction of sp³-hybridized carbons (Fsp3) is 0.875. The first-order valence-electron chi connectivity index (χ1n) is 4.49. The summed E-state index contributed by atoms with van der Waals surface area (Å²) in [4.78, 5) is 2.28. The van der Waals surface area contributed by atoms with Gasteiger partial charge in [0.25, 0.3) is 0 Å². The fourth-order valence-corrected chi connectivity index (χ4v) is 2.57. The van der Waals surface area contributed by atoms with Crippen LogP contribution in [-0.2, 0) is 0 Å². The molecule has 2 aliphatic rings. The molecule has 1 N–H and O–H groups in total. The molecule has 2 fully saturated rings. The molecule has 0 bridgehead atoms. The summed E-state index contributed by atoms with van der Waals surface area (Å²) >= 11 is 0. The summed E-state index contributed by atoms with van der Waals surface area (Å²) in [5.74, 6) is 0. The summed E-state index contributed by atoms with van der Waals surface area (Å²) in [7, 11) is 0. The molecule has 0 saturated carbocycles. The molecule has 68 valence electrons. The Morgan fingerprint density at radius 2 is 1.92 bits per heavy atom. The Morgan fingerprint density at radius 3 is 2.42 bits per heavy atom. The average molecular weight is 170 g/mol. The maximum atomic E-state index is 10.5. The van der Waals surface area contributed by atoms with Gasteiger partial charge in [0.2, 0.25) is 6.21 Å². The molecule has 2 rings (SSSR count). The van der Waals surface area contributed by atoms with Gasteiger partial charge >= 0.3 is 0 Å². The normalized spacial score (nSPS) is 29.2. The number of hydrogen-bond acceptors (Lipinski definition) is 3. The van der Waals surface area contributed by atoms with Gasteiger partial charge in [-0.3, -0.25) is 10.1 Å². The van der Waals surface area contributed by atoms with Crippen molar-refractivity contribution in [3.05, 3.63) is 5.21 Å². The zero-order chi connectivity index (χ0) is 8.60. The third-order valence-corrected chi connectivity index (χ3v) is 3.06. The van der Waals surface area contributed by atoms with Crippen LogP contribution in [0.1, 0.15) is 25.7 Å². The van der Waals surface area contributed by atoms with Crippen molar-refractivity contribution in [2.45, 2.75) is 31.2 Å². The SMILES string of the molecule is [O-]/[N+](O)=C\C12CCCN1CCC2. The molecule has 0 unspecified atom stereocenters. The molecule has 0 spiro atoms. The van der Waals surface area contributed by atoms with Gasteiger partial charge < -0.3 is 5.21 Å². The second-order valence-electron chi connectivity index (χ2n) is 3.73. The minimum Gasteiger partial charge on any atom is -0.418 e. The molecular weight excluding hydrogens is 156 g/mol. The average Bonchev–Trinajstić information content (AvgIpc) is 2.42. The summed E-state index contributed by atoms with van der Waals surface area (Å²) in [6.45, 7) is 2.15. The van der Waals surface area contributed by atoms with Crippen LogP contribution in [0.4, 0.5) is 0 Å². The molecule has 2 aliphatic heterocycles. The van der Waals surface area contributed by atoms with Crippen molar-refractivity contribution in [1.29, 1.82) is 0 Å².